The first-order chi connectivity index (χ1) is 53.6. The van der Waals surface area contributed by atoms with Crippen LogP contribution in [0.5, 0.6) is 0 Å². The third-order valence-electron chi connectivity index (χ3n) is 15.4. The van der Waals surface area contributed by atoms with Crippen LogP contribution in [0.2, 0.25) is 5.02 Å². The number of aromatic carboxylic acids is 1. The van der Waals surface area contributed by atoms with Crippen LogP contribution < -0.4 is 0 Å². The fourth-order valence-corrected chi connectivity index (χ4v) is 9.57. The molecule has 0 aliphatic heterocycles. The molecule has 0 fully saturated rings. The second kappa shape index (κ2) is 53.7. The summed E-state index contributed by atoms with van der Waals surface area (Å²) in [5.74, 6) is -1.29. The molecule has 13 aromatic rings. The molecule has 623 valence electrons. The van der Waals surface area contributed by atoms with Crippen molar-refractivity contribution in [2.75, 3.05) is 42.7 Å². The molecule has 24 nitrogen and oxygen atoms in total. The molecule has 116 heavy (non-hydrogen) atoms. The van der Waals surface area contributed by atoms with Crippen LogP contribution >= 0.6 is 11.6 Å². The predicted octanol–water partition coefficient (Wildman–Crippen LogP) is 14.0. The summed E-state index contributed by atoms with van der Waals surface area (Å²) in [5, 5.41) is 70.0. The Morgan fingerprint density at radius 2 is 0.707 bits per heavy atom. The zero-order chi connectivity index (χ0) is 81.9. The molecule has 0 amide bonds. The second-order valence-corrected chi connectivity index (χ2v) is 23.8. The van der Waals surface area contributed by atoms with Crippen molar-refractivity contribution in [1.82, 2.24) is 44.9 Å². The number of hydrogen-bond acceptors (Lipinski definition) is 23. The van der Waals surface area contributed by atoms with Crippen LogP contribution in [0.1, 0.15) is 63.7 Å². The van der Waals surface area contributed by atoms with Crippen LogP contribution in [0.25, 0.3) is 89.2 Å². The average molecular weight is 2330 g/mol. The van der Waals surface area contributed by atoms with Gasteiger partial charge in [0.25, 0.3) is 0 Å². The number of carboxylic acids is 1. The van der Waals surface area contributed by atoms with E-state index in [0.29, 0.717) is 33.1 Å². The summed E-state index contributed by atoms with van der Waals surface area (Å²) in [6, 6.07) is 67.7. The number of carbonyl (C=O) groups is 1. The van der Waals surface area contributed by atoms with Crippen molar-refractivity contribution in [3.8, 4) is 51.1 Å². The zero-order valence-electron chi connectivity index (χ0n) is 63.7. The number of methoxy groups -OCH3 is 6. The Bertz CT molecular complexity index is 4920. The van der Waals surface area contributed by atoms with Crippen molar-refractivity contribution in [3.05, 3.63) is 269 Å². The number of halogens is 5. The number of para-hydroxylation sites is 8. The predicted molar refractivity (Wildman–Crippen MR) is 412 cm³/mol. The Balaban J connectivity index is 0.000000458. The van der Waals surface area contributed by atoms with Crippen LogP contribution in [0, 0.1) is 69.1 Å². The van der Waals surface area contributed by atoms with Gasteiger partial charge in [-0.2, -0.15) is 13.2 Å². The van der Waals surface area contributed by atoms with E-state index in [2.05, 4.69) is 104 Å². The maximum atomic E-state index is 12.9. The number of fused-ring (bicyclic) bond motifs is 4. The smallest absolute Gasteiger partial charge is 0.381 e. The van der Waals surface area contributed by atoms with Gasteiger partial charge in [-0.1, -0.05) is 54.6 Å². The monoisotopic (exact) mass is 2330 g/mol. The molecule has 5 aromatic heterocycles. The van der Waals surface area contributed by atoms with Crippen LogP contribution in [0.3, 0.4) is 0 Å². The number of benzene rings is 8. The SMILES string of the molecule is COC(O)CC(O)OC.COC(O)CC(O)OC.COC(O)CC(O)OC.Cc1nc2ccccc2nc1-c1[c-]cc(C#N)cc1.Cc1nc2ccccc2nc1-c1[c-]cc(C(F)(F)F)cc1.Cc1nc2ccccc2nc1-c1[c-]cc(Cl)cc1.Cc1nc2ccccc2nc1-c1[c-]cc(F)cc1.O=C(O)c1ccccn1.[Ir].[Ir].[Ir].[Pt]. The van der Waals surface area contributed by atoms with E-state index in [1.807, 2.05) is 136 Å². The van der Waals surface area contributed by atoms with Gasteiger partial charge in [-0.15, -0.1) is 131 Å². The average Bonchev–Trinajstić information content (AvgIpc) is 0.823. The Morgan fingerprint density at radius 3 is 0.931 bits per heavy atom. The molecule has 0 bridgehead atoms. The third kappa shape index (κ3) is 34.2. The molecule has 5 heterocycles. The van der Waals surface area contributed by atoms with E-state index in [1.165, 1.54) is 73.1 Å². The van der Waals surface area contributed by atoms with Crippen LogP contribution in [0.15, 0.2) is 194 Å². The van der Waals surface area contributed by atoms with Crippen molar-refractivity contribution < 1.29 is 168 Å². The minimum Gasteiger partial charge on any atom is -0.477 e. The van der Waals surface area contributed by atoms with Crippen molar-refractivity contribution in [2.24, 2.45) is 0 Å². The Morgan fingerprint density at radius 1 is 0.422 bits per heavy atom. The summed E-state index contributed by atoms with van der Waals surface area (Å²) >= 11 is 5.87. The maximum Gasteiger partial charge on any atom is 0.381 e. The normalized spacial score (nSPS) is 11.9. The first kappa shape index (κ1) is 103. The summed E-state index contributed by atoms with van der Waals surface area (Å²) in [6.07, 6.45) is -8.35. The first-order valence-corrected chi connectivity index (χ1v) is 34.2. The molecule has 0 spiro atoms. The quantitative estimate of drug-likeness (QED) is 0.0253. The fourth-order valence-electron chi connectivity index (χ4n) is 9.45. The van der Waals surface area contributed by atoms with Gasteiger partial charge in [-0.3, -0.25) is 44.3 Å². The standard InChI is InChI=1S/C16H10F3N2.C16H10N3.C15H10ClN2.C15H10FN2.C6H5NO2.3C5H12O4.3Ir.Pt/c1-10-15(21-14-5-3-2-4-13(14)20-10)11-6-8-12(9-7-11)16(17,18)19;1-11-16(13-8-6-12(10-17)7-9-13)19-15-5-3-2-4-14(15)18-11;2*1-10-15(11-6-8-12(16)9-7-11)18-14-5-3-2-4-13(14)17-10;8-6(9)5-3-1-2-4-7-5;3*1-8-4(6)3-5(7)9-2;;;;/h2-6,8-9H,1H3;2-8H,1H3;2*2-6,8-9H,1H3;1-4H,(H,8,9);3*4-7H,3H2,1-2H3;;;;/q4*-1;;;;;;;;. The van der Waals surface area contributed by atoms with E-state index < -0.39 is 55.4 Å². The number of nitriles is 1. The summed E-state index contributed by atoms with van der Waals surface area (Å²) in [6.45, 7) is 7.56. The number of aliphatic hydroxyl groups is 6. The first-order valence-electron chi connectivity index (χ1n) is 33.8. The number of rotatable bonds is 17. The molecule has 6 unspecified atom stereocenters. The van der Waals surface area contributed by atoms with Crippen molar-refractivity contribution in [3.63, 3.8) is 0 Å². The molecule has 7 N–H and O–H groups in total. The van der Waals surface area contributed by atoms with E-state index in [4.69, 9.17) is 52.6 Å². The molecular weight excluding hydrogens is 2240 g/mol. The Kier molecular flexibility index (Phi) is 47.9. The number of alkyl halides is 3. The van der Waals surface area contributed by atoms with Gasteiger partial charge < -0.3 is 64.2 Å². The van der Waals surface area contributed by atoms with Gasteiger partial charge in [0.15, 0.2) is 37.7 Å². The minimum atomic E-state index is -4.36. The number of pyridine rings is 1. The molecule has 13 rings (SSSR count). The zero-order valence-corrected chi connectivity index (χ0v) is 73.9. The summed E-state index contributed by atoms with van der Waals surface area (Å²) in [7, 11) is 8.13. The molecule has 33 heteroatoms. The van der Waals surface area contributed by atoms with E-state index in [9.17, 15) is 22.4 Å². The molecule has 3 radical (unpaired) electrons. The number of aryl methyl sites for hydroxylation is 4. The van der Waals surface area contributed by atoms with E-state index >= 15 is 0 Å². The van der Waals surface area contributed by atoms with Gasteiger partial charge in [-0.05, 0) is 105 Å². The summed E-state index contributed by atoms with van der Waals surface area (Å²) in [4.78, 5) is 50.0. The van der Waals surface area contributed by atoms with Crippen molar-refractivity contribution >= 4 is 61.7 Å². The topological polar surface area (TPSA) is 354 Å². The van der Waals surface area contributed by atoms with Crippen LogP contribution in [0.4, 0.5) is 17.6 Å². The van der Waals surface area contributed by atoms with E-state index in [0.717, 1.165) is 102 Å². The molecule has 8 aromatic carbocycles. The molecule has 0 saturated heterocycles. The van der Waals surface area contributed by atoms with Crippen LogP contribution in [-0.2, 0) is 116 Å². The van der Waals surface area contributed by atoms with Crippen LogP contribution in [-0.4, -0.2) is 167 Å². The molecule has 0 aliphatic rings. The largest absolute Gasteiger partial charge is 0.477 e. The third-order valence-corrected chi connectivity index (χ3v) is 15.6. The number of aromatic nitrogens is 9. The van der Waals surface area contributed by atoms with Gasteiger partial charge in [0, 0.05) is 207 Å². The van der Waals surface area contributed by atoms with Gasteiger partial charge in [-0.25, -0.2) is 15.0 Å². The van der Waals surface area contributed by atoms with Gasteiger partial charge in [0.2, 0.25) is 0 Å². The van der Waals surface area contributed by atoms with Gasteiger partial charge >= 0.3 is 12.1 Å². The fraction of sp³-hybridized carbons (Fsp3) is 0.241. The van der Waals surface area contributed by atoms with E-state index in [-0.39, 0.29) is 112 Å². The maximum absolute atomic E-state index is 12.9. The molecular formula is C83H81ClF4Ir3N10O14Pt-4. The van der Waals surface area contributed by atoms with E-state index in [1.54, 1.807) is 43.3 Å². The molecule has 0 saturated carbocycles. The molecule has 0 aliphatic carbocycles. The number of hydrogen-bond donors (Lipinski definition) is 7. The number of nitrogens with zero attached hydrogens (tertiary/aromatic N) is 10. The minimum absolute atomic E-state index is 0. The number of carboxylic acid groups (broad SMARTS) is 1. The number of ether oxygens (including phenoxy) is 6. The van der Waals surface area contributed by atoms with Gasteiger partial charge in [0.05, 0.1) is 44.1 Å². The van der Waals surface area contributed by atoms with Gasteiger partial charge in [0.1, 0.15) is 5.69 Å². The Hall–Kier alpha value is -8.60. The van der Waals surface area contributed by atoms with Crippen molar-refractivity contribution in [2.45, 2.75) is 90.9 Å². The summed E-state index contributed by atoms with van der Waals surface area (Å²) in [5.41, 5.74) is 15.8. The molecule has 6 atom stereocenters. The Labute approximate surface area is 727 Å². The number of aliphatic hydroxyl groups excluding tert-OH is 6. The summed E-state index contributed by atoms with van der Waals surface area (Å²) < 4.78 is 77.2. The van der Waals surface area contributed by atoms with Crippen molar-refractivity contribution in [1.29, 1.82) is 5.26 Å². The second-order valence-electron chi connectivity index (χ2n) is 23.4.